The molecule has 1 aromatic rings. The summed E-state index contributed by atoms with van der Waals surface area (Å²) in [4.78, 5) is 14.9. The zero-order valence-corrected chi connectivity index (χ0v) is 15.2. The molecule has 2 saturated carbocycles. The zero-order chi connectivity index (χ0) is 17.5. The number of hydrogen-bond acceptors (Lipinski definition) is 5. The fourth-order valence-electron chi connectivity index (χ4n) is 4.45. The lowest BCUT2D eigenvalue weighted by atomic mass is 9.82. The SMILES string of the molecule is N[C@@H](CCC(=O)N(Cc1nn[nH]n1)C1CCCCC1)C1CCCCC1. The standard InChI is InChI=1S/C18H32N6O/c19-16(14-7-3-1-4-8-14)11-12-18(25)24(13-17-20-22-23-21-17)15-9-5-2-6-10-15/h14-16H,1-13,19H2,(H,20,21,22,23)/t16-/m0/s1. The minimum atomic E-state index is 0.155. The number of nitrogens with one attached hydrogen (secondary N) is 1. The van der Waals surface area contributed by atoms with E-state index in [4.69, 9.17) is 5.73 Å². The minimum absolute atomic E-state index is 0.155. The molecule has 1 atom stereocenters. The summed E-state index contributed by atoms with van der Waals surface area (Å²) >= 11 is 0. The van der Waals surface area contributed by atoms with Gasteiger partial charge in [0.1, 0.15) is 0 Å². The molecule has 2 fully saturated rings. The highest BCUT2D eigenvalue weighted by Gasteiger charge is 2.28. The van der Waals surface area contributed by atoms with Crippen molar-refractivity contribution in [2.45, 2.75) is 95.7 Å². The van der Waals surface area contributed by atoms with Crippen LogP contribution in [0.3, 0.4) is 0 Å². The molecule has 1 aromatic heterocycles. The Morgan fingerprint density at radius 1 is 1.12 bits per heavy atom. The molecule has 1 heterocycles. The van der Waals surface area contributed by atoms with Gasteiger partial charge in [-0.25, -0.2) is 0 Å². The first-order valence-corrected chi connectivity index (χ1v) is 10.0. The summed E-state index contributed by atoms with van der Waals surface area (Å²) in [7, 11) is 0. The third kappa shape index (κ3) is 5.23. The number of tetrazole rings is 1. The Morgan fingerprint density at radius 3 is 2.44 bits per heavy atom. The highest BCUT2D eigenvalue weighted by Crippen LogP contribution is 2.28. The molecule has 0 bridgehead atoms. The molecule has 7 heteroatoms. The molecule has 1 amide bonds. The number of carbonyl (C=O) groups excluding carboxylic acids is 1. The number of aromatic nitrogens is 4. The normalized spacial score (nSPS) is 21.2. The van der Waals surface area contributed by atoms with Crippen molar-refractivity contribution in [2.75, 3.05) is 0 Å². The maximum absolute atomic E-state index is 12.9. The monoisotopic (exact) mass is 348 g/mol. The van der Waals surface area contributed by atoms with Crippen LogP contribution in [0.5, 0.6) is 0 Å². The Hall–Kier alpha value is -1.50. The number of hydrogen-bond donors (Lipinski definition) is 2. The average molecular weight is 348 g/mol. The summed E-state index contributed by atoms with van der Waals surface area (Å²) in [6.45, 7) is 0.457. The molecule has 7 nitrogen and oxygen atoms in total. The van der Waals surface area contributed by atoms with Gasteiger partial charge in [0.15, 0.2) is 5.82 Å². The second-order valence-electron chi connectivity index (χ2n) is 7.74. The van der Waals surface area contributed by atoms with Crippen molar-refractivity contribution in [1.82, 2.24) is 25.5 Å². The van der Waals surface area contributed by atoms with Crippen LogP contribution in [0.25, 0.3) is 0 Å². The van der Waals surface area contributed by atoms with Crippen molar-refractivity contribution in [3.8, 4) is 0 Å². The predicted molar refractivity (Wildman–Crippen MR) is 95.4 cm³/mol. The summed E-state index contributed by atoms with van der Waals surface area (Å²) < 4.78 is 0. The topological polar surface area (TPSA) is 101 Å². The van der Waals surface area contributed by atoms with E-state index in [0.29, 0.717) is 30.7 Å². The van der Waals surface area contributed by atoms with Crippen LogP contribution in [0.2, 0.25) is 0 Å². The third-order valence-corrected chi connectivity index (χ3v) is 5.98. The molecule has 0 unspecified atom stereocenters. The van der Waals surface area contributed by atoms with E-state index >= 15 is 0 Å². The number of aromatic amines is 1. The van der Waals surface area contributed by atoms with E-state index in [1.807, 2.05) is 4.90 Å². The van der Waals surface area contributed by atoms with Crippen LogP contribution in [0, 0.1) is 5.92 Å². The maximum Gasteiger partial charge on any atom is 0.223 e. The van der Waals surface area contributed by atoms with Gasteiger partial charge < -0.3 is 10.6 Å². The van der Waals surface area contributed by atoms with Crippen molar-refractivity contribution >= 4 is 5.91 Å². The second kappa shape index (κ2) is 9.27. The first-order chi connectivity index (χ1) is 12.2. The van der Waals surface area contributed by atoms with E-state index in [-0.39, 0.29) is 11.9 Å². The molecule has 0 radical (unpaired) electrons. The Balaban J connectivity index is 1.55. The molecule has 3 rings (SSSR count). The van der Waals surface area contributed by atoms with Crippen molar-refractivity contribution in [1.29, 1.82) is 0 Å². The van der Waals surface area contributed by atoms with Crippen LogP contribution in [-0.4, -0.2) is 43.5 Å². The van der Waals surface area contributed by atoms with Gasteiger partial charge >= 0.3 is 0 Å². The van der Waals surface area contributed by atoms with Crippen molar-refractivity contribution in [2.24, 2.45) is 11.7 Å². The number of rotatable bonds is 7. The van der Waals surface area contributed by atoms with Crippen molar-refractivity contribution in [3.63, 3.8) is 0 Å². The maximum atomic E-state index is 12.9. The summed E-state index contributed by atoms with van der Waals surface area (Å²) in [5, 5.41) is 14.2. The Bertz CT molecular complexity index is 508. The summed E-state index contributed by atoms with van der Waals surface area (Å²) in [6.07, 6.45) is 13.5. The van der Waals surface area contributed by atoms with E-state index in [1.54, 1.807) is 0 Å². The Kier molecular flexibility index (Phi) is 6.78. The fourth-order valence-corrected chi connectivity index (χ4v) is 4.45. The van der Waals surface area contributed by atoms with Crippen LogP contribution >= 0.6 is 0 Å². The van der Waals surface area contributed by atoms with Crippen LogP contribution in [0.4, 0.5) is 0 Å². The highest BCUT2D eigenvalue weighted by atomic mass is 16.2. The van der Waals surface area contributed by atoms with Crippen LogP contribution in [0.1, 0.15) is 82.9 Å². The lowest BCUT2D eigenvalue weighted by Crippen LogP contribution is -2.42. The minimum Gasteiger partial charge on any atom is -0.332 e. The number of nitrogens with two attached hydrogens (primary N) is 1. The third-order valence-electron chi connectivity index (χ3n) is 5.98. The Labute approximate surface area is 150 Å². The highest BCUT2D eigenvalue weighted by molar-refractivity contribution is 5.76. The molecular formula is C18H32N6O. The number of carbonyl (C=O) groups is 1. The first-order valence-electron chi connectivity index (χ1n) is 10.0. The van der Waals surface area contributed by atoms with Gasteiger partial charge in [0.05, 0.1) is 6.54 Å². The molecule has 0 aromatic carbocycles. The van der Waals surface area contributed by atoms with Crippen LogP contribution < -0.4 is 5.73 Å². The van der Waals surface area contributed by atoms with Gasteiger partial charge in [-0.2, -0.15) is 5.21 Å². The molecule has 2 aliphatic carbocycles. The molecular weight excluding hydrogens is 316 g/mol. The number of nitrogens with zero attached hydrogens (tertiary/aromatic N) is 4. The van der Waals surface area contributed by atoms with E-state index in [1.165, 1.54) is 51.4 Å². The van der Waals surface area contributed by atoms with Crippen molar-refractivity contribution < 1.29 is 4.79 Å². The second-order valence-corrected chi connectivity index (χ2v) is 7.74. The van der Waals surface area contributed by atoms with Gasteiger partial charge in [-0.15, -0.1) is 10.2 Å². The largest absolute Gasteiger partial charge is 0.332 e. The zero-order valence-electron chi connectivity index (χ0n) is 15.2. The number of amides is 1. The summed E-state index contributed by atoms with van der Waals surface area (Å²) in [5.74, 6) is 1.39. The summed E-state index contributed by atoms with van der Waals surface area (Å²) in [5.41, 5.74) is 6.40. The molecule has 0 spiro atoms. The lowest BCUT2D eigenvalue weighted by Gasteiger charge is -2.34. The molecule has 0 saturated heterocycles. The van der Waals surface area contributed by atoms with Gasteiger partial charge in [0.25, 0.3) is 0 Å². The van der Waals surface area contributed by atoms with E-state index in [9.17, 15) is 4.79 Å². The molecule has 3 N–H and O–H groups in total. The molecule has 25 heavy (non-hydrogen) atoms. The van der Waals surface area contributed by atoms with Gasteiger partial charge in [0, 0.05) is 18.5 Å². The smallest absolute Gasteiger partial charge is 0.223 e. The van der Waals surface area contributed by atoms with Crippen molar-refractivity contribution in [3.05, 3.63) is 5.82 Å². The summed E-state index contributed by atoms with van der Waals surface area (Å²) in [6, 6.07) is 0.466. The average Bonchev–Trinajstić information content (AvgIpc) is 3.18. The molecule has 0 aliphatic heterocycles. The Morgan fingerprint density at radius 2 is 1.80 bits per heavy atom. The van der Waals surface area contributed by atoms with E-state index in [0.717, 1.165) is 19.3 Å². The van der Waals surface area contributed by atoms with Gasteiger partial charge in [-0.3, -0.25) is 4.79 Å². The van der Waals surface area contributed by atoms with Gasteiger partial charge in [-0.05, 0) is 38.0 Å². The van der Waals surface area contributed by atoms with E-state index in [2.05, 4.69) is 20.6 Å². The molecule has 140 valence electrons. The van der Waals surface area contributed by atoms with Crippen LogP contribution in [0.15, 0.2) is 0 Å². The number of H-pyrrole nitrogens is 1. The lowest BCUT2D eigenvalue weighted by molar-refractivity contribution is -0.135. The quantitative estimate of drug-likeness (QED) is 0.788. The predicted octanol–water partition coefficient (Wildman–Crippen LogP) is 2.55. The van der Waals surface area contributed by atoms with Gasteiger partial charge in [0.2, 0.25) is 5.91 Å². The first kappa shape index (κ1) is 18.3. The fraction of sp³-hybridized carbons (Fsp3) is 0.889. The van der Waals surface area contributed by atoms with Gasteiger partial charge in [-0.1, -0.05) is 43.7 Å². The molecule has 2 aliphatic rings. The van der Waals surface area contributed by atoms with Crippen LogP contribution in [-0.2, 0) is 11.3 Å². The van der Waals surface area contributed by atoms with E-state index < -0.39 is 0 Å².